The Bertz CT molecular complexity index is 7760. The summed E-state index contributed by atoms with van der Waals surface area (Å²) in [5.74, 6) is 0. The molecule has 0 aliphatic heterocycles. The second kappa shape index (κ2) is 28.4. The maximum Gasteiger partial charge on any atom is -0.00177 e. The summed E-state index contributed by atoms with van der Waals surface area (Å²) in [6, 6.07) is 156. The summed E-state index contributed by atoms with van der Waals surface area (Å²) in [6.45, 7) is 4.48. The first-order valence-electron chi connectivity index (χ1n) is 39.7. The second-order valence-corrected chi connectivity index (χ2v) is 30.5. The highest BCUT2D eigenvalue weighted by Crippen LogP contribution is 2.50. The molecular formula is C114H76. The van der Waals surface area contributed by atoms with Crippen LogP contribution in [0.2, 0.25) is 0 Å². The Morgan fingerprint density at radius 1 is 0.114 bits per heavy atom. The van der Waals surface area contributed by atoms with E-state index in [0.29, 0.717) is 0 Å². The number of hydrogen-bond acceptors (Lipinski definition) is 0. The van der Waals surface area contributed by atoms with Crippen LogP contribution < -0.4 is 0 Å². The van der Waals surface area contributed by atoms with Crippen LogP contribution in [0, 0.1) is 13.8 Å². The van der Waals surface area contributed by atoms with E-state index in [9.17, 15) is 0 Å². The van der Waals surface area contributed by atoms with Gasteiger partial charge in [0.1, 0.15) is 0 Å². The zero-order valence-electron chi connectivity index (χ0n) is 63.4. The maximum absolute atomic E-state index is 2.42. The first kappa shape index (κ1) is 67.5. The molecule has 0 N–H and O–H groups in total. The van der Waals surface area contributed by atoms with Crippen molar-refractivity contribution in [2.75, 3.05) is 0 Å². The molecule has 23 aromatic rings. The van der Waals surface area contributed by atoms with Gasteiger partial charge in [-0.15, -0.1) is 0 Å². The first-order chi connectivity index (χ1) is 56.4. The quantitative estimate of drug-likeness (QED) is 0.140. The number of hydrogen-bond donors (Lipinski definition) is 0. The lowest BCUT2D eigenvalue weighted by atomic mass is 9.84. The van der Waals surface area contributed by atoms with E-state index >= 15 is 0 Å². The van der Waals surface area contributed by atoms with E-state index in [1.54, 1.807) is 0 Å². The zero-order chi connectivity index (χ0) is 75.7. The highest BCUT2D eigenvalue weighted by Gasteiger charge is 2.23. The lowest BCUT2D eigenvalue weighted by molar-refractivity contribution is 1.49. The van der Waals surface area contributed by atoms with Gasteiger partial charge in [0.05, 0.1) is 0 Å². The van der Waals surface area contributed by atoms with Crippen molar-refractivity contribution in [2.45, 2.75) is 13.8 Å². The minimum Gasteiger partial charge on any atom is -0.0616 e. The Morgan fingerprint density at radius 2 is 0.377 bits per heavy atom. The highest BCUT2D eigenvalue weighted by molar-refractivity contribution is 6.26. The fourth-order valence-electron chi connectivity index (χ4n) is 18.6. The van der Waals surface area contributed by atoms with Crippen LogP contribution in [0.4, 0.5) is 0 Å². The first-order valence-corrected chi connectivity index (χ1v) is 39.7. The van der Waals surface area contributed by atoms with Crippen LogP contribution in [-0.2, 0) is 0 Å². The standard InChI is InChI=1S/C44H28.C36H26.C34H22/c1-4-12-32-25-35(20-17-29(32)9-1)36-23-24-41-42(28-36)44(38-22-19-31-11-3-6-14-34(31)27-38)40-16-8-7-15-39(40)43(41)37-21-18-30-10-2-5-13-33(30)26-37;1-23-18-20-25-10-3-6-13-28(25)34(23)31-16-9-17-32-33(31)22-27-12-5-8-15-30(27)36(32)35-24(2)19-21-26-11-4-7-14-29(26)35;1-2-12-25-22-26(21-20-23(25)10-1)33-29-15-5-7-17-31(29)34(32-18-8-6-16-30(32)33)28-19-9-13-24-11-3-4-14-27(24)28/h1-28H;3-22H,1-2H3;1-22H. The molecule has 23 aromatic carbocycles. The molecule has 0 amide bonds. The van der Waals surface area contributed by atoms with Crippen molar-refractivity contribution in [1.82, 2.24) is 0 Å². The Balaban J connectivity index is 0.000000108. The van der Waals surface area contributed by atoms with Crippen molar-refractivity contribution < 1.29 is 0 Å². The van der Waals surface area contributed by atoms with Gasteiger partial charge in [-0.2, -0.15) is 0 Å². The maximum atomic E-state index is 2.42. The molecule has 114 heavy (non-hydrogen) atoms. The van der Waals surface area contributed by atoms with E-state index in [4.69, 9.17) is 0 Å². The van der Waals surface area contributed by atoms with Crippen molar-refractivity contribution >= 4 is 140 Å². The van der Waals surface area contributed by atoms with Crippen LogP contribution in [0.1, 0.15) is 11.1 Å². The molecule has 0 fully saturated rings. The molecule has 0 aromatic heterocycles. The summed E-state index contributed by atoms with van der Waals surface area (Å²) in [5.41, 5.74) is 20.6. The molecule has 0 nitrogen and oxygen atoms in total. The Morgan fingerprint density at radius 3 is 0.842 bits per heavy atom. The average Bonchev–Trinajstić information content (AvgIpc) is 0.744. The van der Waals surface area contributed by atoms with E-state index in [1.807, 2.05) is 0 Å². The Labute approximate surface area is 663 Å². The van der Waals surface area contributed by atoms with Gasteiger partial charge in [0, 0.05) is 0 Å². The number of fused-ring (bicyclic) bond motifs is 13. The molecular weight excluding hydrogens is 1370 g/mol. The van der Waals surface area contributed by atoms with Gasteiger partial charge in [-0.3, -0.25) is 0 Å². The predicted octanol–water partition coefficient (Wildman–Crippen LogP) is 32.3. The van der Waals surface area contributed by atoms with Crippen molar-refractivity contribution in [3.63, 3.8) is 0 Å². The molecule has 0 saturated carbocycles. The van der Waals surface area contributed by atoms with Gasteiger partial charge in [-0.05, 0) is 279 Å². The normalized spacial score (nSPS) is 11.6. The third-order valence-electron chi connectivity index (χ3n) is 23.9. The van der Waals surface area contributed by atoms with Gasteiger partial charge in [0.25, 0.3) is 0 Å². The van der Waals surface area contributed by atoms with Gasteiger partial charge in [0.15, 0.2) is 0 Å². The van der Waals surface area contributed by atoms with Crippen LogP contribution >= 0.6 is 0 Å². The van der Waals surface area contributed by atoms with E-state index in [-0.39, 0.29) is 0 Å². The minimum absolute atomic E-state index is 1.23. The number of rotatable bonds is 7. The monoisotopic (exact) mass is 1440 g/mol. The summed E-state index contributed by atoms with van der Waals surface area (Å²) in [4.78, 5) is 0. The summed E-state index contributed by atoms with van der Waals surface area (Å²) in [7, 11) is 0. The molecule has 0 heterocycles. The van der Waals surface area contributed by atoms with Gasteiger partial charge >= 0.3 is 0 Å². The zero-order valence-corrected chi connectivity index (χ0v) is 63.4. The smallest absolute Gasteiger partial charge is 0.00177 e. The van der Waals surface area contributed by atoms with Crippen LogP contribution in [-0.4, -0.2) is 0 Å². The fraction of sp³-hybridized carbons (Fsp3) is 0.0175. The highest BCUT2D eigenvalue weighted by atomic mass is 14.3. The molecule has 0 atom stereocenters. The van der Waals surface area contributed by atoms with E-state index in [0.717, 1.165) is 0 Å². The molecule has 0 saturated heterocycles. The third kappa shape index (κ3) is 11.8. The van der Waals surface area contributed by atoms with E-state index in [1.165, 1.54) is 229 Å². The molecule has 0 unspecified atom stereocenters. The van der Waals surface area contributed by atoms with Gasteiger partial charge in [0.2, 0.25) is 0 Å². The number of benzene rings is 23. The topological polar surface area (TPSA) is 0 Å². The lowest BCUT2D eigenvalue weighted by Gasteiger charge is -2.19. The fourth-order valence-corrected chi connectivity index (χ4v) is 18.6. The molecule has 23 rings (SSSR count). The van der Waals surface area contributed by atoms with Crippen molar-refractivity contribution in [1.29, 1.82) is 0 Å². The lowest BCUT2D eigenvalue weighted by Crippen LogP contribution is -1.93. The van der Waals surface area contributed by atoms with Crippen molar-refractivity contribution in [3.8, 4) is 77.9 Å². The summed E-state index contributed by atoms with van der Waals surface area (Å²) in [6.07, 6.45) is 0. The van der Waals surface area contributed by atoms with Crippen LogP contribution in [0.15, 0.2) is 425 Å². The predicted molar refractivity (Wildman–Crippen MR) is 494 cm³/mol. The van der Waals surface area contributed by atoms with E-state index < -0.39 is 0 Å². The Kier molecular flexibility index (Phi) is 16.8. The summed E-state index contributed by atoms with van der Waals surface area (Å²) >= 11 is 0. The average molecular weight is 1450 g/mol. The van der Waals surface area contributed by atoms with Gasteiger partial charge in [-0.1, -0.05) is 388 Å². The largest absolute Gasteiger partial charge is 0.0616 e. The second-order valence-electron chi connectivity index (χ2n) is 30.5. The summed E-state index contributed by atoms with van der Waals surface area (Å²) < 4.78 is 0. The van der Waals surface area contributed by atoms with Crippen molar-refractivity contribution in [3.05, 3.63) is 436 Å². The van der Waals surface area contributed by atoms with Crippen molar-refractivity contribution in [2.24, 2.45) is 0 Å². The Hall–Kier alpha value is -14.6. The molecule has 532 valence electrons. The van der Waals surface area contributed by atoms with E-state index in [2.05, 4.69) is 438 Å². The molecule has 0 aliphatic carbocycles. The minimum atomic E-state index is 1.23. The third-order valence-corrected chi connectivity index (χ3v) is 23.9. The molecule has 0 aliphatic rings. The molecule has 0 heteroatoms. The van der Waals surface area contributed by atoms with Crippen LogP contribution in [0.3, 0.4) is 0 Å². The van der Waals surface area contributed by atoms with Gasteiger partial charge < -0.3 is 0 Å². The number of aryl methyl sites for hydroxylation is 2. The summed E-state index contributed by atoms with van der Waals surface area (Å²) in [5, 5.41) is 33.3. The van der Waals surface area contributed by atoms with Crippen LogP contribution in [0.25, 0.3) is 218 Å². The SMILES string of the molecule is Cc1ccc2ccccc2c1-c1cccc2c(-c3c(C)ccc4ccccc34)c3ccccc3cc12.c1ccc2cc(-c3c4ccccc4c(-c4cccc5ccccc45)c4ccccc34)ccc2c1.c1ccc2cc(-c3ccc4c(-c5ccc6ccccc6c5)c5ccccc5c(-c5ccc6ccccc6c5)c4c3)ccc2c1. The molecule has 0 radical (unpaired) electrons. The van der Waals surface area contributed by atoms with Gasteiger partial charge in [-0.25, -0.2) is 0 Å². The molecule has 0 spiro atoms. The molecule has 0 bridgehead atoms. The van der Waals surface area contributed by atoms with Crippen LogP contribution in [0.5, 0.6) is 0 Å².